The van der Waals surface area contributed by atoms with E-state index in [0.29, 0.717) is 12.0 Å². The highest BCUT2D eigenvalue weighted by Gasteiger charge is 2.11. The van der Waals surface area contributed by atoms with E-state index in [1.807, 2.05) is 30.3 Å². The summed E-state index contributed by atoms with van der Waals surface area (Å²) >= 11 is 0. The topological polar surface area (TPSA) is 29.3 Å². The van der Waals surface area contributed by atoms with Gasteiger partial charge in [0.1, 0.15) is 11.6 Å². The van der Waals surface area contributed by atoms with Crippen molar-refractivity contribution in [1.82, 2.24) is 0 Å². The maximum Gasteiger partial charge on any atom is 0.126 e. The van der Waals surface area contributed by atoms with E-state index in [-0.39, 0.29) is 6.04 Å². The first-order valence-corrected chi connectivity index (χ1v) is 7.11. The molecule has 0 saturated carbocycles. The average molecular weight is 290 g/mol. The second kappa shape index (κ2) is 7.18. The zero-order chi connectivity index (χ0) is 15.2. The monoisotopic (exact) mass is 290 g/mol. The molecule has 2 aromatic carbocycles. The van der Waals surface area contributed by atoms with Gasteiger partial charge in [-0.2, -0.15) is 0 Å². The number of nitrogens with zero attached hydrogens (tertiary/aromatic N) is 1. The van der Waals surface area contributed by atoms with Crippen molar-refractivity contribution >= 4 is 5.69 Å². The first-order chi connectivity index (χ1) is 10.1. The Labute approximate surface area is 124 Å². The lowest BCUT2D eigenvalue weighted by molar-refractivity contribution is 0.566. The number of anilines is 1. The summed E-state index contributed by atoms with van der Waals surface area (Å²) in [6.07, 6.45) is 0.631. The van der Waals surface area contributed by atoms with E-state index in [1.54, 1.807) is 0 Å². The summed E-state index contributed by atoms with van der Waals surface area (Å²) in [5.41, 5.74) is 7.67. The molecule has 4 heteroatoms. The Morgan fingerprint density at radius 1 is 1.05 bits per heavy atom. The summed E-state index contributed by atoms with van der Waals surface area (Å²) < 4.78 is 26.4. The van der Waals surface area contributed by atoms with Gasteiger partial charge in [-0.05, 0) is 43.2 Å². The molecule has 2 rings (SSSR count). The van der Waals surface area contributed by atoms with Crippen LogP contribution in [0.5, 0.6) is 0 Å². The normalized spacial score (nSPS) is 12.2. The Hall–Kier alpha value is -1.94. The molecule has 21 heavy (non-hydrogen) atoms. The Morgan fingerprint density at radius 3 is 2.24 bits per heavy atom. The highest BCUT2D eigenvalue weighted by atomic mass is 19.1. The summed E-state index contributed by atoms with van der Waals surface area (Å²) in [6.45, 7) is 3.66. The molecule has 0 aliphatic rings. The van der Waals surface area contributed by atoms with E-state index >= 15 is 0 Å². The van der Waals surface area contributed by atoms with E-state index in [4.69, 9.17) is 5.73 Å². The highest BCUT2D eigenvalue weighted by Crippen LogP contribution is 2.20. The van der Waals surface area contributed by atoms with Crippen LogP contribution in [-0.4, -0.2) is 13.1 Å². The molecule has 0 aliphatic heterocycles. The van der Waals surface area contributed by atoms with Crippen molar-refractivity contribution in [3.8, 4) is 0 Å². The van der Waals surface area contributed by atoms with Crippen LogP contribution in [0.4, 0.5) is 14.5 Å². The van der Waals surface area contributed by atoms with Crippen LogP contribution in [0.15, 0.2) is 48.5 Å². The minimum absolute atomic E-state index is 0.382. The fraction of sp³-hybridized carbons (Fsp3) is 0.294. The van der Waals surface area contributed by atoms with Crippen molar-refractivity contribution in [2.24, 2.45) is 5.73 Å². The summed E-state index contributed by atoms with van der Waals surface area (Å²) in [7, 11) is 0. The van der Waals surface area contributed by atoms with E-state index in [0.717, 1.165) is 24.8 Å². The third-order valence-electron chi connectivity index (χ3n) is 3.53. The summed E-state index contributed by atoms with van der Waals surface area (Å²) in [5, 5.41) is 0. The lowest BCUT2D eigenvalue weighted by atomic mass is 10.0. The van der Waals surface area contributed by atoms with E-state index in [1.165, 1.54) is 12.1 Å². The van der Waals surface area contributed by atoms with Crippen molar-refractivity contribution in [1.29, 1.82) is 0 Å². The average Bonchev–Trinajstić information content (AvgIpc) is 2.47. The molecule has 1 unspecified atom stereocenters. The number of hydrogen-bond acceptors (Lipinski definition) is 2. The van der Waals surface area contributed by atoms with Gasteiger partial charge in [-0.1, -0.05) is 18.2 Å². The van der Waals surface area contributed by atoms with Crippen molar-refractivity contribution in [3.05, 3.63) is 65.7 Å². The van der Waals surface area contributed by atoms with Crippen LogP contribution >= 0.6 is 0 Å². The van der Waals surface area contributed by atoms with Crippen LogP contribution in [0.1, 0.15) is 24.9 Å². The molecule has 0 amide bonds. The van der Waals surface area contributed by atoms with Crippen molar-refractivity contribution < 1.29 is 8.78 Å². The largest absolute Gasteiger partial charge is 0.372 e. The van der Waals surface area contributed by atoms with Gasteiger partial charge in [0, 0.05) is 30.9 Å². The van der Waals surface area contributed by atoms with Crippen LogP contribution in [0.3, 0.4) is 0 Å². The highest BCUT2D eigenvalue weighted by molar-refractivity contribution is 5.45. The zero-order valence-corrected chi connectivity index (χ0v) is 12.1. The Balaban J connectivity index is 2.01. The molecule has 0 heterocycles. The first-order valence-electron chi connectivity index (χ1n) is 7.11. The standard InChI is InChI=1S/C17H20F2N2/c1-2-21(16-6-4-3-5-7-16)9-8-17(20)13-10-14(18)12-15(19)11-13/h3-7,10-12,17H,2,8-9,20H2,1H3. The van der Waals surface area contributed by atoms with Crippen LogP contribution in [0.25, 0.3) is 0 Å². The minimum atomic E-state index is -0.587. The molecule has 0 spiro atoms. The van der Waals surface area contributed by atoms with E-state index < -0.39 is 11.6 Å². The van der Waals surface area contributed by atoms with Gasteiger partial charge in [0.15, 0.2) is 0 Å². The molecule has 2 N–H and O–H groups in total. The number of halogens is 2. The van der Waals surface area contributed by atoms with Crippen LogP contribution in [0.2, 0.25) is 0 Å². The number of hydrogen-bond donors (Lipinski definition) is 1. The molecule has 1 atom stereocenters. The van der Waals surface area contributed by atoms with Gasteiger partial charge in [0.2, 0.25) is 0 Å². The predicted molar refractivity (Wildman–Crippen MR) is 82.2 cm³/mol. The van der Waals surface area contributed by atoms with Gasteiger partial charge in [0.25, 0.3) is 0 Å². The Kier molecular flexibility index (Phi) is 5.28. The quantitative estimate of drug-likeness (QED) is 0.874. The molecule has 0 radical (unpaired) electrons. The van der Waals surface area contributed by atoms with Crippen LogP contribution in [-0.2, 0) is 0 Å². The number of benzene rings is 2. The fourth-order valence-corrected chi connectivity index (χ4v) is 2.36. The number of nitrogens with two attached hydrogens (primary N) is 1. The Bertz CT molecular complexity index is 552. The molecule has 112 valence electrons. The number of para-hydroxylation sites is 1. The van der Waals surface area contributed by atoms with E-state index in [9.17, 15) is 8.78 Å². The fourth-order valence-electron chi connectivity index (χ4n) is 2.36. The molecular formula is C17H20F2N2. The van der Waals surface area contributed by atoms with Crippen molar-refractivity contribution in [2.75, 3.05) is 18.0 Å². The predicted octanol–water partition coefficient (Wildman–Crippen LogP) is 3.88. The smallest absolute Gasteiger partial charge is 0.126 e. The van der Waals surface area contributed by atoms with Crippen LogP contribution < -0.4 is 10.6 Å². The molecular weight excluding hydrogens is 270 g/mol. The third kappa shape index (κ3) is 4.26. The SMILES string of the molecule is CCN(CCC(N)c1cc(F)cc(F)c1)c1ccccc1. The molecule has 0 saturated heterocycles. The van der Waals surface area contributed by atoms with Gasteiger partial charge < -0.3 is 10.6 Å². The molecule has 2 nitrogen and oxygen atoms in total. The van der Waals surface area contributed by atoms with Crippen molar-refractivity contribution in [2.45, 2.75) is 19.4 Å². The zero-order valence-electron chi connectivity index (χ0n) is 12.1. The molecule has 2 aromatic rings. The van der Waals surface area contributed by atoms with Crippen molar-refractivity contribution in [3.63, 3.8) is 0 Å². The molecule has 0 bridgehead atoms. The van der Waals surface area contributed by atoms with Gasteiger partial charge in [0.05, 0.1) is 0 Å². The lowest BCUT2D eigenvalue weighted by Gasteiger charge is -2.25. The van der Waals surface area contributed by atoms with Gasteiger partial charge >= 0.3 is 0 Å². The summed E-state index contributed by atoms with van der Waals surface area (Å²) in [5.74, 6) is -1.17. The van der Waals surface area contributed by atoms with Gasteiger partial charge in [-0.3, -0.25) is 0 Å². The molecule has 0 aliphatic carbocycles. The Morgan fingerprint density at radius 2 is 1.67 bits per heavy atom. The van der Waals surface area contributed by atoms with Crippen LogP contribution in [0, 0.1) is 11.6 Å². The van der Waals surface area contributed by atoms with Gasteiger partial charge in [-0.15, -0.1) is 0 Å². The maximum absolute atomic E-state index is 13.2. The molecule has 0 fully saturated rings. The number of rotatable bonds is 6. The summed E-state index contributed by atoms with van der Waals surface area (Å²) in [6, 6.07) is 13.1. The second-order valence-electron chi connectivity index (χ2n) is 5.01. The maximum atomic E-state index is 13.2. The van der Waals surface area contributed by atoms with E-state index in [2.05, 4.69) is 11.8 Å². The molecule has 0 aromatic heterocycles. The first kappa shape index (κ1) is 15.4. The summed E-state index contributed by atoms with van der Waals surface area (Å²) in [4.78, 5) is 2.19. The van der Waals surface area contributed by atoms with Gasteiger partial charge in [-0.25, -0.2) is 8.78 Å². The second-order valence-corrected chi connectivity index (χ2v) is 5.01. The third-order valence-corrected chi connectivity index (χ3v) is 3.53. The lowest BCUT2D eigenvalue weighted by Crippen LogP contribution is -2.27. The minimum Gasteiger partial charge on any atom is -0.372 e.